The monoisotopic (exact) mass is 317 g/mol. The molecule has 0 saturated heterocycles. The van der Waals surface area contributed by atoms with E-state index in [-0.39, 0.29) is 5.78 Å². The first kappa shape index (κ1) is 12.3. The quantitative estimate of drug-likeness (QED) is 0.658. The second-order valence-electron chi connectivity index (χ2n) is 3.48. The van der Waals surface area contributed by atoms with Gasteiger partial charge in [0, 0.05) is 10.7 Å². The second-order valence-corrected chi connectivity index (χ2v) is 6.36. The highest BCUT2D eigenvalue weighted by Crippen LogP contribution is 2.44. The van der Waals surface area contributed by atoms with E-state index in [9.17, 15) is 4.79 Å². The lowest BCUT2D eigenvalue weighted by atomic mass is 10.3. The maximum absolute atomic E-state index is 11.9. The van der Waals surface area contributed by atoms with Crippen molar-refractivity contribution in [1.29, 1.82) is 0 Å². The van der Waals surface area contributed by atoms with Crippen LogP contribution < -0.4 is 0 Å². The van der Waals surface area contributed by atoms with Gasteiger partial charge in [0.05, 0.1) is 9.80 Å². The summed E-state index contributed by atoms with van der Waals surface area (Å²) in [5.74, 6) is 1.21. The van der Waals surface area contributed by atoms with Gasteiger partial charge in [0.2, 0.25) is 5.78 Å². The molecule has 1 aromatic rings. The summed E-state index contributed by atoms with van der Waals surface area (Å²) in [6, 6.07) is 0. The number of hydrogen-bond donors (Lipinski definition) is 1. The summed E-state index contributed by atoms with van der Waals surface area (Å²) in [6.45, 7) is 2.17. The van der Waals surface area contributed by atoms with Gasteiger partial charge in [-0.3, -0.25) is 4.79 Å². The van der Waals surface area contributed by atoms with Crippen molar-refractivity contribution in [1.82, 2.24) is 4.98 Å². The van der Waals surface area contributed by atoms with E-state index in [2.05, 4.69) is 27.8 Å². The van der Waals surface area contributed by atoms with Crippen LogP contribution in [0, 0.1) is 0 Å². The molecule has 0 aromatic carbocycles. The topological polar surface area (TPSA) is 32.9 Å². The highest BCUT2D eigenvalue weighted by molar-refractivity contribution is 9.10. The molecule has 2 heterocycles. The number of halogens is 1. The molecule has 2 nitrogen and oxygen atoms in total. The Bertz CT molecular complexity index is 439. The molecule has 0 spiro atoms. The van der Waals surface area contributed by atoms with Crippen molar-refractivity contribution in [3.05, 3.63) is 26.7 Å². The smallest absolute Gasteiger partial charge is 0.217 e. The minimum absolute atomic E-state index is 0.120. The number of hydrogen-bond acceptors (Lipinski definition) is 3. The van der Waals surface area contributed by atoms with E-state index in [1.165, 1.54) is 12.8 Å². The minimum atomic E-state index is 0.120. The first-order valence-electron chi connectivity index (χ1n) is 5.15. The Morgan fingerprint density at radius 3 is 3.12 bits per heavy atom. The highest BCUT2D eigenvalue weighted by Gasteiger charge is 2.29. The van der Waals surface area contributed by atoms with Crippen molar-refractivity contribution in [3.8, 4) is 0 Å². The van der Waals surface area contributed by atoms with Crippen LogP contribution in [0.1, 0.15) is 30.3 Å². The van der Waals surface area contributed by atoms with Gasteiger partial charge < -0.3 is 4.98 Å². The molecule has 0 saturated carbocycles. The Hall–Kier alpha value is -0.130. The minimum Gasteiger partial charge on any atom is -0.356 e. The number of ketones is 1. The Balaban J connectivity index is 2.04. The van der Waals surface area contributed by atoms with E-state index in [1.54, 1.807) is 23.5 Å². The zero-order chi connectivity index (χ0) is 11.5. The number of nitrogens with one attached hydrogen (secondary N) is 1. The normalized spacial score (nSPS) is 17.1. The third-order valence-electron chi connectivity index (χ3n) is 2.26. The summed E-state index contributed by atoms with van der Waals surface area (Å²) in [5.41, 5.74) is 0.721. The van der Waals surface area contributed by atoms with E-state index >= 15 is 0 Å². The number of carbonyl (C=O) groups excluding carboxylic acids is 1. The van der Waals surface area contributed by atoms with Crippen molar-refractivity contribution in [3.63, 3.8) is 0 Å². The van der Waals surface area contributed by atoms with Crippen LogP contribution in [-0.2, 0) is 0 Å². The number of H-pyrrole nitrogens is 1. The van der Waals surface area contributed by atoms with Crippen molar-refractivity contribution in [2.45, 2.75) is 24.7 Å². The first-order valence-corrected chi connectivity index (χ1v) is 7.81. The lowest BCUT2D eigenvalue weighted by Crippen LogP contribution is -1.94. The summed E-state index contributed by atoms with van der Waals surface area (Å²) >= 11 is 6.70. The highest BCUT2D eigenvalue weighted by atomic mass is 79.9. The number of unbranched alkanes of at least 4 members (excludes halogenated alkanes) is 1. The molecule has 0 amide bonds. The standard InChI is InChI=1S/C11H12BrNOS2/c1-2-3-4-15-6-8-10(14)9-11(16-8)7(12)5-13-9/h5-6,13H,2-4H2,1H3/b8-6+. The average Bonchev–Trinajstić information content (AvgIpc) is 2.78. The van der Waals surface area contributed by atoms with Crippen LogP contribution in [0.3, 0.4) is 0 Å². The van der Waals surface area contributed by atoms with Gasteiger partial charge in [0.25, 0.3) is 0 Å². The van der Waals surface area contributed by atoms with Crippen LogP contribution in [0.5, 0.6) is 0 Å². The SMILES string of the molecule is CCCCS/C=C1/Sc2c(Br)c[nH]c2C1=O. The first-order chi connectivity index (χ1) is 7.74. The molecule has 0 atom stereocenters. The number of allylic oxidation sites excluding steroid dienone is 1. The largest absolute Gasteiger partial charge is 0.356 e. The zero-order valence-corrected chi connectivity index (χ0v) is 12.1. The molecule has 2 rings (SSSR count). The van der Waals surface area contributed by atoms with Crippen LogP contribution in [0.4, 0.5) is 0 Å². The molecule has 0 unspecified atom stereocenters. The third-order valence-corrected chi connectivity index (χ3v) is 5.37. The second kappa shape index (κ2) is 5.47. The van der Waals surface area contributed by atoms with Gasteiger partial charge in [-0.15, -0.1) is 11.8 Å². The molecule has 5 heteroatoms. The van der Waals surface area contributed by atoms with Gasteiger partial charge in [0.1, 0.15) is 5.69 Å². The maximum atomic E-state index is 11.9. The number of thioether (sulfide) groups is 2. The Kier molecular flexibility index (Phi) is 4.21. The molecule has 86 valence electrons. The summed E-state index contributed by atoms with van der Waals surface area (Å²) in [5, 5.41) is 1.99. The van der Waals surface area contributed by atoms with Crippen LogP contribution in [0.25, 0.3) is 0 Å². The number of carbonyl (C=O) groups is 1. The molecule has 0 radical (unpaired) electrons. The van der Waals surface area contributed by atoms with E-state index in [1.807, 2.05) is 11.6 Å². The van der Waals surface area contributed by atoms with Crippen molar-refractivity contribution >= 4 is 45.2 Å². The van der Waals surface area contributed by atoms with Crippen LogP contribution in [0.15, 0.2) is 25.9 Å². The molecule has 0 aliphatic carbocycles. The van der Waals surface area contributed by atoms with Crippen LogP contribution in [-0.4, -0.2) is 16.5 Å². The van der Waals surface area contributed by atoms with E-state index in [4.69, 9.17) is 0 Å². The summed E-state index contributed by atoms with van der Waals surface area (Å²) in [7, 11) is 0. The number of Topliss-reactive ketones (excluding diaryl/α,β-unsaturated/α-hetero) is 1. The third kappa shape index (κ3) is 2.41. The number of rotatable bonds is 4. The van der Waals surface area contributed by atoms with Gasteiger partial charge in [-0.2, -0.15) is 0 Å². The molecular formula is C11H12BrNOS2. The van der Waals surface area contributed by atoms with Gasteiger partial charge in [-0.25, -0.2) is 0 Å². The lowest BCUT2D eigenvalue weighted by molar-refractivity contribution is 0.103. The Morgan fingerprint density at radius 1 is 1.62 bits per heavy atom. The fourth-order valence-corrected chi connectivity index (χ4v) is 3.98. The fourth-order valence-electron chi connectivity index (χ4n) is 1.37. The molecule has 1 aliphatic heterocycles. The predicted molar refractivity (Wildman–Crippen MR) is 74.1 cm³/mol. The molecular weight excluding hydrogens is 306 g/mol. The summed E-state index contributed by atoms with van der Waals surface area (Å²) < 4.78 is 0.975. The Morgan fingerprint density at radius 2 is 2.44 bits per heavy atom. The average molecular weight is 318 g/mol. The van der Waals surface area contributed by atoms with Gasteiger partial charge >= 0.3 is 0 Å². The fraction of sp³-hybridized carbons (Fsp3) is 0.364. The van der Waals surface area contributed by atoms with E-state index in [0.717, 1.165) is 25.7 Å². The number of fused-ring (bicyclic) bond motifs is 1. The molecule has 1 aliphatic rings. The molecule has 0 fully saturated rings. The van der Waals surface area contributed by atoms with Gasteiger partial charge in [0.15, 0.2) is 0 Å². The van der Waals surface area contributed by atoms with E-state index < -0.39 is 0 Å². The van der Waals surface area contributed by atoms with Crippen molar-refractivity contribution in [2.24, 2.45) is 0 Å². The Labute approximate surface area is 112 Å². The van der Waals surface area contributed by atoms with Crippen LogP contribution >= 0.6 is 39.5 Å². The van der Waals surface area contributed by atoms with Crippen LogP contribution in [0.2, 0.25) is 0 Å². The van der Waals surface area contributed by atoms with Gasteiger partial charge in [-0.05, 0) is 33.5 Å². The molecule has 1 aromatic heterocycles. The predicted octanol–water partition coefficient (Wildman–Crippen LogP) is 4.44. The zero-order valence-electron chi connectivity index (χ0n) is 8.88. The molecule has 0 bridgehead atoms. The van der Waals surface area contributed by atoms with Crippen molar-refractivity contribution in [2.75, 3.05) is 5.75 Å². The van der Waals surface area contributed by atoms with E-state index in [0.29, 0.717) is 0 Å². The summed E-state index contributed by atoms with van der Waals surface area (Å²) in [4.78, 5) is 16.8. The lowest BCUT2D eigenvalue weighted by Gasteiger charge is -1.95. The summed E-state index contributed by atoms with van der Waals surface area (Å²) in [6.07, 6.45) is 4.21. The maximum Gasteiger partial charge on any atom is 0.217 e. The molecule has 16 heavy (non-hydrogen) atoms. The van der Waals surface area contributed by atoms with Gasteiger partial charge in [-0.1, -0.05) is 25.1 Å². The van der Waals surface area contributed by atoms with Crippen molar-refractivity contribution < 1.29 is 4.79 Å². The molecule has 1 N–H and O–H groups in total. The number of aromatic nitrogens is 1. The number of aromatic amines is 1.